The van der Waals surface area contributed by atoms with Crippen LogP contribution >= 0.6 is 0 Å². The maximum atomic E-state index is 12.8. The number of methoxy groups -OCH3 is 2. The van der Waals surface area contributed by atoms with Crippen LogP contribution in [0, 0.1) is 0 Å². The Bertz CT molecular complexity index is 985. The molecule has 0 aliphatic carbocycles. The van der Waals surface area contributed by atoms with Crippen molar-refractivity contribution in [2.45, 2.75) is 19.4 Å². The number of pyridine rings is 1. The van der Waals surface area contributed by atoms with E-state index in [1.54, 1.807) is 26.6 Å². The van der Waals surface area contributed by atoms with Crippen LogP contribution in [0.4, 0.5) is 0 Å². The van der Waals surface area contributed by atoms with Crippen molar-refractivity contribution in [2.75, 3.05) is 20.8 Å². The lowest BCUT2D eigenvalue weighted by atomic mass is 9.98. The molecule has 28 heavy (non-hydrogen) atoms. The summed E-state index contributed by atoms with van der Waals surface area (Å²) < 4.78 is 10.9. The van der Waals surface area contributed by atoms with Crippen LogP contribution in [0.25, 0.3) is 11.3 Å². The van der Waals surface area contributed by atoms with E-state index in [0.717, 1.165) is 28.9 Å². The number of hydrogen-bond donors (Lipinski definition) is 1. The fourth-order valence-corrected chi connectivity index (χ4v) is 3.58. The molecule has 1 amide bonds. The molecule has 144 valence electrons. The van der Waals surface area contributed by atoms with Crippen molar-refractivity contribution in [3.05, 3.63) is 59.5 Å². The summed E-state index contributed by atoms with van der Waals surface area (Å²) in [6, 6.07) is 9.61. The highest BCUT2D eigenvalue weighted by atomic mass is 16.5. The van der Waals surface area contributed by atoms with Crippen molar-refractivity contribution < 1.29 is 14.3 Å². The fourth-order valence-electron chi connectivity index (χ4n) is 3.58. The van der Waals surface area contributed by atoms with Gasteiger partial charge in [-0.3, -0.25) is 14.9 Å². The van der Waals surface area contributed by atoms with E-state index in [-0.39, 0.29) is 5.91 Å². The molecule has 3 aromatic rings. The minimum Gasteiger partial charge on any atom is -0.493 e. The number of rotatable bonds is 6. The van der Waals surface area contributed by atoms with Crippen molar-refractivity contribution in [1.82, 2.24) is 20.1 Å². The average molecular weight is 378 g/mol. The third-order valence-corrected chi connectivity index (χ3v) is 5.06. The predicted molar refractivity (Wildman–Crippen MR) is 104 cm³/mol. The van der Waals surface area contributed by atoms with Gasteiger partial charge in [-0.05, 0) is 36.2 Å². The molecular weight excluding hydrogens is 356 g/mol. The number of carbonyl (C=O) groups is 1. The van der Waals surface area contributed by atoms with Crippen molar-refractivity contribution in [2.24, 2.45) is 0 Å². The number of carbonyl (C=O) groups excluding carboxylic acids is 1. The summed E-state index contributed by atoms with van der Waals surface area (Å²) in [5.41, 5.74) is 4.62. The second-order valence-electron chi connectivity index (χ2n) is 6.67. The second kappa shape index (κ2) is 7.72. The zero-order valence-corrected chi connectivity index (χ0v) is 15.9. The normalized spacial score (nSPS) is 13.4. The number of nitrogens with one attached hydrogen (secondary N) is 1. The molecule has 1 aromatic carbocycles. The summed E-state index contributed by atoms with van der Waals surface area (Å²) in [6.07, 6.45) is 4.66. The topological polar surface area (TPSA) is 80.3 Å². The van der Waals surface area contributed by atoms with Gasteiger partial charge in [0.1, 0.15) is 0 Å². The lowest BCUT2D eigenvalue weighted by Gasteiger charge is -2.27. The van der Waals surface area contributed by atoms with Gasteiger partial charge in [0.05, 0.1) is 38.6 Å². The van der Waals surface area contributed by atoms with Gasteiger partial charge in [-0.15, -0.1) is 0 Å². The van der Waals surface area contributed by atoms with E-state index in [1.165, 1.54) is 5.56 Å². The first kappa shape index (κ1) is 18.0. The van der Waals surface area contributed by atoms with Crippen LogP contribution in [0.5, 0.6) is 11.5 Å². The molecule has 0 spiro atoms. The van der Waals surface area contributed by atoms with Crippen LogP contribution in [-0.4, -0.2) is 46.8 Å². The molecule has 0 radical (unpaired) electrons. The van der Waals surface area contributed by atoms with Crippen LogP contribution < -0.4 is 9.47 Å². The number of amides is 1. The highest BCUT2D eigenvalue weighted by molar-refractivity contribution is 5.85. The first-order valence-electron chi connectivity index (χ1n) is 9.15. The second-order valence-corrected chi connectivity index (χ2v) is 6.67. The minimum absolute atomic E-state index is 0.103. The molecule has 3 heterocycles. The minimum atomic E-state index is 0.103. The Morgan fingerprint density at radius 2 is 1.96 bits per heavy atom. The maximum Gasteiger partial charge on any atom is 0.227 e. The molecule has 0 atom stereocenters. The number of hydrogen-bond acceptors (Lipinski definition) is 5. The molecule has 0 unspecified atom stereocenters. The van der Waals surface area contributed by atoms with E-state index in [9.17, 15) is 4.79 Å². The smallest absolute Gasteiger partial charge is 0.227 e. The van der Waals surface area contributed by atoms with Gasteiger partial charge in [0.2, 0.25) is 5.91 Å². The predicted octanol–water partition coefficient (Wildman–Crippen LogP) is 2.62. The zero-order chi connectivity index (χ0) is 19.5. The van der Waals surface area contributed by atoms with E-state index >= 15 is 0 Å². The van der Waals surface area contributed by atoms with Crippen LogP contribution in [0.15, 0.2) is 42.7 Å². The summed E-state index contributed by atoms with van der Waals surface area (Å²) in [5, 5.41) is 7.60. The number of fused-ring (bicyclic) bond motifs is 1. The molecule has 2 aromatic heterocycles. The zero-order valence-electron chi connectivity index (χ0n) is 15.9. The van der Waals surface area contributed by atoms with Crippen LogP contribution in [0.3, 0.4) is 0 Å². The Morgan fingerprint density at radius 3 is 2.71 bits per heavy atom. The Morgan fingerprint density at radius 1 is 1.14 bits per heavy atom. The van der Waals surface area contributed by atoms with E-state index < -0.39 is 0 Å². The molecule has 1 N–H and O–H groups in total. The monoisotopic (exact) mass is 378 g/mol. The van der Waals surface area contributed by atoms with Gasteiger partial charge < -0.3 is 14.4 Å². The third kappa shape index (κ3) is 3.31. The summed E-state index contributed by atoms with van der Waals surface area (Å²) >= 11 is 0. The van der Waals surface area contributed by atoms with Crippen LogP contribution in [-0.2, 0) is 24.2 Å². The molecule has 0 saturated heterocycles. The summed E-state index contributed by atoms with van der Waals surface area (Å²) in [5.74, 6) is 1.36. The molecule has 4 rings (SSSR count). The first-order valence-corrected chi connectivity index (χ1v) is 9.15. The molecule has 7 heteroatoms. The van der Waals surface area contributed by atoms with Gasteiger partial charge in [0.25, 0.3) is 0 Å². The number of para-hydroxylation sites is 1. The van der Waals surface area contributed by atoms with E-state index in [2.05, 4.69) is 15.2 Å². The maximum absolute atomic E-state index is 12.8. The van der Waals surface area contributed by atoms with Gasteiger partial charge >= 0.3 is 0 Å². The van der Waals surface area contributed by atoms with E-state index in [4.69, 9.17) is 9.47 Å². The van der Waals surface area contributed by atoms with E-state index in [1.807, 2.05) is 35.2 Å². The van der Waals surface area contributed by atoms with Gasteiger partial charge in [-0.1, -0.05) is 6.07 Å². The number of aromatic nitrogens is 3. The highest BCUT2D eigenvalue weighted by Crippen LogP contribution is 2.39. The van der Waals surface area contributed by atoms with Crippen LogP contribution in [0.1, 0.15) is 16.8 Å². The Hall–Kier alpha value is -3.35. The van der Waals surface area contributed by atoms with E-state index in [0.29, 0.717) is 31.0 Å². The number of H-pyrrole nitrogens is 1. The summed E-state index contributed by atoms with van der Waals surface area (Å²) in [4.78, 5) is 18.7. The fraction of sp³-hybridized carbons (Fsp3) is 0.286. The molecule has 0 fully saturated rings. The Kier molecular flexibility index (Phi) is 4.97. The Balaban J connectivity index is 1.58. The van der Waals surface area contributed by atoms with Crippen molar-refractivity contribution >= 4 is 5.91 Å². The number of aromatic amines is 1. The van der Waals surface area contributed by atoms with Crippen molar-refractivity contribution in [3.63, 3.8) is 0 Å². The van der Waals surface area contributed by atoms with Gasteiger partial charge in [0.15, 0.2) is 11.5 Å². The molecule has 0 saturated carbocycles. The molecule has 1 aliphatic rings. The average Bonchev–Trinajstić information content (AvgIpc) is 3.14. The third-order valence-electron chi connectivity index (χ3n) is 5.06. The lowest BCUT2D eigenvalue weighted by molar-refractivity contribution is -0.131. The number of benzene rings is 1. The molecular formula is C21H22N4O3. The molecule has 1 aliphatic heterocycles. The quantitative estimate of drug-likeness (QED) is 0.713. The van der Waals surface area contributed by atoms with Crippen molar-refractivity contribution in [1.29, 1.82) is 0 Å². The first-order chi connectivity index (χ1) is 13.7. The van der Waals surface area contributed by atoms with Gasteiger partial charge in [-0.2, -0.15) is 5.10 Å². The van der Waals surface area contributed by atoms with Gasteiger partial charge in [0, 0.05) is 30.1 Å². The lowest BCUT2D eigenvalue weighted by Crippen LogP contribution is -2.37. The highest BCUT2D eigenvalue weighted by Gasteiger charge is 2.29. The summed E-state index contributed by atoms with van der Waals surface area (Å²) in [7, 11) is 3.21. The largest absolute Gasteiger partial charge is 0.493 e. The Labute approximate surface area is 163 Å². The van der Waals surface area contributed by atoms with Crippen molar-refractivity contribution in [3.8, 4) is 22.8 Å². The standard InChI is InChI=1S/C21H22N4O3/c1-27-18-5-3-4-15(21(18)28-2)20-16-12-19(26)25(13-17(16)23-24-20)11-8-14-6-9-22-10-7-14/h3-7,9-10H,8,11-13H2,1-2H3,(H,23,24). The number of ether oxygens (including phenoxy) is 2. The molecule has 0 bridgehead atoms. The molecule has 7 nitrogen and oxygen atoms in total. The van der Waals surface area contributed by atoms with Gasteiger partial charge in [-0.25, -0.2) is 0 Å². The SMILES string of the molecule is COc1cccc(-c2n[nH]c3c2CC(=O)N(CCc2ccncc2)C3)c1OC. The summed E-state index contributed by atoms with van der Waals surface area (Å²) in [6.45, 7) is 1.19. The number of nitrogens with zero attached hydrogens (tertiary/aromatic N) is 3. The van der Waals surface area contributed by atoms with Crippen LogP contribution in [0.2, 0.25) is 0 Å².